The zero-order valence-electron chi connectivity index (χ0n) is 15.9. The lowest BCUT2D eigenvalue weighted by atomic mass is 9.78. The Hall–Kier alpha value is -2.37. The number of carbonyl (C=O) groups is 3. The summed E-state index contributed by atoms with van der Waals surface area (Å²) in [5, 5.41) is 0. The molecule has 6 nitrogen and oxygen atoms in total. The average Bonchev–Trinajstić information content (AvgIpc) is 3.35. The molecule has 1 aromatic rings. The molecule has 3 amide bonds. The van der Waals surface area contributed by atoms with Crippen LogP contribution in [0.1, 0.15) is 43.2 Å². The van der Waals surface area contributed by atoms with E-state index in [0.717, 1.165) is 24.9 Å². The van der Waals surface area contributed by atoms with E-state index in [1.807, 2.05) is 11.0 Å². The van der Waals surface area contributed by atoms with Gasteiger partial charge in [-0.15, -0.1) is 0 Å². The molecule has 0 bridgehead atoms. The lowest BCUT2D eigenvalue weighted by Gasteiger charge is -2.39. The van der Waals surface area contributed by atoms with Crippen LogP contribution in [0.15, 0.2) is 24.3 Å². The average molecular weight is 369 g/mol. The van der Waals surface area contributed by atoms with Gasteiger partial charge in [0.25, 0.3) is 0 Å². The van der Waals surface area contributed by atoms with Gasteiger partial charge in [0, 0.05) is 26.2 Å². The van der Waals surface area contributed by atoms with Crippen molar-refractivity contribution in [2.24, 2.45) is 16.6 Å². The summed E-state index contributed by atoms with van der Waals surface area (Å²) in [5.41, 5.74) is 6.29. The number of aryl methyl sites for hydroxylation is 1. The lowest BCUT2D eigenvalue weighted by Crippen LogP contribution is -2.51. The molecule has 3 aliphatic rings. The first-order chi connectivity index (χ1) is 12.9. The maximum Gasteiger partial charge on any atom is 0.238 e. The second-order valence-electron chi connectivity index (χ2n) is 8.52. The summed E-state index contributed by atoms with van der Waals surface area (Å²) in [5.74, 6) is -0.547. The minimum Gasteiger partial charge on any atom is -0.369 e. The normalized spacial score (nSPS) is 26.5. The number of likely N-dealkylation sites (tertiary alicyclic amines) is 2. The first-order valence-corrected chi connectivity index (χ1v) is 9.81. The first kappa shape index (κ1) is 18.0. The predicted octanol–water partition coefficient (Wildman–Crippen LogP) is 1.60. The van der Waals surface area contributed by atoms with E-state index in [4.69, 9.17) is 5.73 Å². The van der Waals surface area contributed by atoms with Crippen molar-refractivity contribution >= 4 is 17.7 Å². The molecule has 1 spiro atoms. The Kier molecular flexibility index (Phi) is 4.24. The highest BCUT2D eigenvalue weighted by molar-refractivity contribution is 6.07. The van der Waals surface area contributed by atoms with Gasteiger partial charge in [0.1, 0.15) is 5.41 Å². The van der Waals surface area contributed by atoms with Gasteiger partial charge < -0.3 is 15.5 Å². The molecule has 2 aliphatic heterocycles. The van der Waals surface area contributed by atoms with Crippen LogP contribution in [0.4, 0.5) is 0 Å². The van der Waals surface area contributed by atoms with Crippen molar-refractivity contribution in [3.8, 4) is 0 Å². The number of primary amides is 1. The molecule has 0 aromatic heterocycles. The molecule has 3 fully saturated rings. The van der Waals surface area contributed by atoms with E-state index in [9.17, 15) is 14.4 Å². The fraction of sp³-hybridized carbons (Fsp3) is 0.571. The van der Waals surface area contributed by atoms with Crippen LogP contribution in [0.25, 0.3) is 0 Å². The second kappa shape index (κ2) is 6.36. The first-order valence-electron chi connectivity index (χ1n) is 9.81. The SMILES string of the molecule is Cc1cccc(CN2CCC[C@@]3(CCN(C(=O)C4(C(N)=O)CC4)C3)C2=O)c1. The van der Waals surface area contributed by atoms with Crippen LogP contribution in [-0.2, 0) is 20.9 Å². The quantitative estimate of drug-likeness (QED) is 0.818. The van der Waals surface area contributed by atoms with Crippen molar-refractivity contribution in [2.45, 2.75) is 45.6 Å². The highest BCUT2D eigenvalue weighted by atomic mass is 16.2. The number of amides is 3. The highest BCUT2D eigenvalue weighted by Gasteiger charge is 2.59. The van der Waals surface area contributed by atoms with E-state index < -0.39 is 16.7 Å². The zero-order valence-corrected chi connectivity index (χ0v) is 15.9. The number of rotatable bonds is 4. The maximum atomic E-state index is 13.3. The highest BCUT2D eigenvalue weighted by Crippen LogP contribution is 2.49. The molecule has 2 heterocycles. The molecule has 6 heteroatoms. The van der Waals surface area contributed by atoms with Gasteiger partial charge in [0.2, 0.25) is 17.7 Å². The lowest BCUT2D eigenvalue weighted by molar-refractivity contribution is -0.147. The van der Waals surface area contributed by atoms with Crippen LogP contribution in [0.5, 0.6) is 0 Å². The van der Waals surface area contributed by atoms with Gasteiger partial charge in [-0.25, -0.2) is 0 Å². The van der Waals surface area contributed by atoms with Gasteiger partial charge in [0.05, 0.1) is 5.41 Å². The minimum atomic E-state index is -0.996. The summed E-state index contributed by atoms with van der Waals surface area (Å²) in [7, 11) is 0. The van der Waals surface area contributed by atoms with Gasteiger partial charge in [-0.1, -0.05) is 29.8 Å². The maximum absolute atomic E-state index is 13.3. The van der Waals surface area contributed by atoms with Gasteiger partial charge >= 0.3 is 0 Å². The molecule has 4 rings (SSSR count). The molecule has 0 radical (unpaired) electrons. The standard InChI is InChI=1S/C21H27N3O3/c1-15-4-2-5-16(12-15)13-23-10-3-6-20(18(23)26)9-11-24(14-20)19(27)21(7-8-21)17(22)25/h2,4-5,12H,3,6-11,13-14H2,1H3,(H2,22,25)/t20-/m0/s1. The molecular weight excluding hydrogens is 342 g/mol. The van der Waals surface area contributed by atoms with Gasteiger partial charge in [-0.05, 0) is 44.6 Å². The summed E-state index contributed by atoms with van der Waals surface area (Å²) < 4.78 is 0. The number of piperidine rings is 1. The van der Waals surface area contributed by atoms with Crippen LogP contribution < -0.4 is 5.73 Å². The van der Waals surface area contributed by atoms with E-state index in [0.29, 0.717) is 38.9 Å². The van der Waals surface area contributed by atoms with E-state index in [2.05, 4.69) is 25.1 Å². The van der Waals surface area contributed by atoms with Crippen LogP contribution in [0, 0.1) is 17.8 Å². The summed E-state index contributed by atoms with van der Waals surface area (Å²) >= 11 is 0. The van der Waals surface area contributed by atoms with E-state index in [1.54, 1.807) is 4.90 Å². The third-order valence-corrected chi connectivity index (χ3v) is 6.55. The molecule has 2 N–H and O–H groups in total. The van der Waals surface area contributed by atoms with Gasteiger partial charge in [-0.2, -0.15) is 0 Å². The third-order valence-electron chi connectivity index (χ3n) is 6.55. The molecule has 0 unspecified atom stereocenters. The summed E-state index contributed by atoms with van der Waals surface area (Å²) in [6, 6.07) is 8.23. The molecular formula is C21H27N3O3. The van der Waals surface area contributed by atoms with Crippen molar-refractivity contribution in [2.75, 3.05) is 19.6 Å². The molecule has 1 aromatic carbocycles. The summed E-state index contributed by atoms with van der Waals surface area (Å²) in [6.07, 6.45) is 3.51. The molecule has 2 saturated heterocycles. The van der Waals surface area contributed by atoms with Crippen molar-refractivity contribution in [1.29, 1.82) is 0 Å². The Morgan fingerprint density at radius 3 is 2.59 bits per heavy atom. The Labute approximate surface area is 159 Å². The van der Waals surface area contributed by atoms with Crippen molar-refractivity contribution in [3.05, 3.63) is 35.4 Å². The third kappa shape index (κ3) is 3.01. The fourth-order valence-corrected chi connectivity index (χ4v) is 4.75. The number of nitrogens with two attached hydrogens (primary N) is 1. The predicted molar refractivity (Wildman–Crippen MR) is 100 cm³/mol. The number of carbonyl (C=O) groups excluding carboxylic acids is 3. The van der Waals surface area contributed by atoms with Crippen LogP contribution in [0.3, 0.4) is 0 Å². The fourth-order valence-electron chi connectivity index (χ4n) is 4.75. The number of hydrogen-bond donors (Lipinski definition) is 1. The Morgan fingerprint density at radius 1 is 1.15 bits per heavy atom. The molecule has 1 saturated carbocycles. The van der Waals surface area contributed by atoms with Gasteiger partial charge in [-0.3, -0.25) is 14.4 Å². The smallest absolute Gasteiger partial charge is 0.238 e. The largest absolute Gasteiger partial charge is 0.369 e. The molecule has 1 atom stereocenters. The van der Waals surface area contributed by atoms with Crippen molar-refractivity contribution in [1.82, 2.24) is 9.80 Å². The Bertz CT molecular complexity index is 802. The van der Waals surface area contributed by atoms with E-state index >= 15 is 0 Å². The van der Waals surface area contributed by atoms with E-state index in [1.165, 1.54) is 5.56 Å². The zero-order chi connectivity index (χ0) is 19.2. The van der Waals surface area contributed by atoms with Crippen molar-refractivity contribution in [3.63, 3.8) is 0 Å². The molecule has 1 aliphatic carbocycles. The molecule has 144 valence electrons. The van der Waals surface area contributed by atoms with Crippen LogP contribution >= 0.6 is 0 Å². The van der Waals surface area contributed by atoms with Gasteiger partial charge in [0.15, 0.2) is 0 Å². The second-order valence-corrected chi connectivity index (χ2v) is 8.52. The van der Waals surface area contributed by atoms with Crippen molar-refractivity contribution < 1.29 is 14.4 Å². The minimum absolute atomic E-state index is 0.148. The monoisotopic (exact) mass is 369 g/mol. The Balaban J connectivity index is 1.48. The Morgan fingerprint density at radius 2 is 1.93 bits per heavy atom. The molecule has 27 heavy (non-hydrogen) atoms. The summed E-state index contributed by atoms with van der Waals surface area (Å²) in [4.78, 5) is 41.5. The summed E-state index contributed by atoms with van der Waals surface area (Å²) in [6.45, 7) is 4.38. The van der Waals surface area contributed by atoms with Crippen LogP contribution in [0.2, 0.25) is 0 Å². The van der Waals surface area contributed by atoms with Crippen LogP contribution in [-0.4, -0.2) is 47.2 Å². The number of hydrogen-bond acceptors (Lipinski definition) is 3. The number of nitrogens with zero attached hydrogens (tertiary/aromatic N) is 2. The number of benzene rings is 1. The van der Waals surface area contributed by atoms with E-state index in [-0.39, 0.29) is 11.8 Å². The topological polar surface area (TPSA) is 83.7 Å².